The van der Waals surface area contributed by atoms with Gasteiger partial charge in [-0.3, -0.25) is 0 Å². The standard InChI is InChI=1S/C26H25NO2/c1-20(27-29-25(28)23-17-11-6-12-18-23)26(2,3)19-24(21-13-7-4-8-14-21)22-15-9-5-10-16-22/h4-19H,1-3H3/b27-20+. The van der Waals surface area contributed by atoms with Crippen LogP contribution in [0.1, 0.15) is 42.3 Å². The molecule has 0 aromatic heterocycles. The van der Waals surface area contributed by atoms with Crippen LogP contribution in [0.5, 0.6) is 0 Å². The van der Waals surface area contributed by atoms with Gasteiger partial charge >= 0.3 is 5.97 Å². The molecule has 0 fully saturated rings. The number of nitrogens with zero attached hydrogens (tertiary/aromatic N) is 1. The summed E-state index contributed by atoms with van der Waals surface area (Å²) < 4.78 is 0. The van der Waals surface area contributed by atoms with E-state index in [1.54, 1.807) is 24.3 Å². The molecule has 3 rings (SSSR count). The molecular formula is C26H25NO2. The molecule has 0 aliphatic carbocycles. The maximum Gasteiger partial charge on any atom is 0.365 e. The zero-order chi connectivity index (χ0) is 20.7. The Labute approximate surface area is 172 Å². The Hall–Kier alpha value is -3.46. The van der Waals surface area contributed by atoms with Crippen molar-refractivity contribution in [2.24, 2.45) is 10.6 Å². The smallest absolute Gasteiger partial charge is 0.313 e. The normalized spacial score (nSPS) is 11.6. The average molecular weight is 383 g/mol. The molecule has 0 amide bonds. The third-order valence-corrected chi connectivity index (χ3v) is 4.88. The van der Waals surface area contributed by atoms with Crippen molar-refractivity contribution in [1.29, 1.82) is 0 Å². The molecule has 3 nitrogen and oxygen atoms in total. The van der Waals surface area contributed by atoms with E-state index in [1.807, 2.05) is 49.4 Å². The van der Waals surface area contributed by atoms with Crippen LogP contribution in [0.15, 0.2) is 102 Å². The molecule has 0 spiro atoms. The minimum atomic E-state index is -0.462. The minimum absolute atomic E-state index is 0.419. The topological polar surface area (TPSA) is 38.7 Å². The fourth-order valence-corrected chi connectivity index (χ4v) is 2.89. The first-order chi connectivity index (χ1) is 14.0. The minimum Gasteiger partial charge on any atom is -0.313 e. The first-order valence-electron chi connectivity index (χ1n) is 9.62. The van der Waals surface area contributed by atoms with Crippen molar-refractivity contribution in [2.45, 2.75) is 20.8 Å². The van der Waals surface area contributed by atoms with Crippen molar-refractivity contribution >= 4 is 17.3 Å². The van der Waals surface area contributed by atoms with Crippen molar-refractivity contribution in [3.63, 3.8) is 0 Å². The number of carbonyl (C=O) groups is 1. The van der Waals surface area contributed by atoms with E-state index >= 15 is 0 Å². The molecule has 3 aromatic carbocycles. The molecule has 146 valence electrons. The second-order valence-corrected chi connectivity index (χ2v) is 7.43. The average Bonchev–Trinajstić information content (AvgIpc) is 2.77. The van der Waals surface area contributed by atoms with Crippen LogP contribution in [0.25, 0.3) is 5.57 Å². The monoisotopic (exact) mass is 383 g/mol. The molecule has 0 N–H and O–H groups in total. The summed E-state index contributed by atoms with van der Waals surface area (Å²) in [7, 11) is 0. The van der Waals surface area contributed by atoms with Gasteiger partial charge in [-0.2, -0.15) is 0 Å². The van der Waals surface area contributed by atoms with E-state index in [9.17, 15) is 4.79 Å². The quantitative estimate of drug-likeness (QED) is 0.281. The van der Waals surface area contributed by atoms with E-state index in [2.05, 4.69) is 49.3 Å². The van der Waals surface area contributed by atoms with Crippen LogP contribution in [0.2, 0.25) is 0 Å². The molecule has 0 saturated heterocycles. The van der Waals surface area contributed by atoms with E-state index in [1.165, 1.54) is 0 Å². The Balaban J connectivity index is 1.90. The van der Waals surface area contributed by atoms with Crippen LogP contribution < -0.4 is 0 Å². The second-order valence-electron chi connectivity index (χ2n) is 7.43. The summed E-state index contributed by atoms with van der Waals surface area (Å²) >= 11 is 0. The Kier molecular flexibility index (Phi) is 6.40. The van der Waals surface area contributed by atoms with Crippen LogP contribution in [-0.4, -0.2) is 11.7 Å². The van der Waals surface area contributed by atoms with Gasteiger partial charge in [0, 0.05) is 5.41 Å². The van der Waals surface area contributed by atoms with Crippen LogP contribution in [0.4, 0.5) is 0 Å². The van der Waals surface area contributed by atoms with Gasteiger partial charge in [-0.25, -0.2) is 4.79 Å². The number of carbonyl (C=O) groups excluding carboxylic acids is 1. The lowest BCUT2D eigenvalue weighted by molar-refractivity contribution is 0.0513. The summed E-state index contributed by atoms with van der Waals surface area (Å²) in [6.45, 7) is 6.00. The van der Waals surface area contributed by atoms with E-state index in [0.717, 1.165) is 16.7 Å². The summed E-state index contributed by atoms with van der Waals surface area (Å²) in [5, 5.41) is 4.14. The molecule has 0 unspecified atom stereocenters. The van der Waals surface area contributed by atoms with Crippen LogP contribution in [0.3, 0.4) is 0 Å². The van der Waals surface area contributed by atoms with E-state index in [4.69, 9.17) is 4.84 Å². The highest BCUT2D eigenvalue weighted by atomic mass is 16.7. The van der Waals surface area contributed by atoms with E-state index in [-0.39, 0.29) is 0 Å². The number of benzene rings is 3. The van der Waals surface area contributed by atoms with Gasteiger partial charge in [0.2, 0.25) is 0 Å². The predicted molar refractivity (Wildman–Crippen MR) is 119 cm³/mol. The third kappa shape index (κ3) is 5.29. The maximum absolute atomic E-state index is 12.2. The summed E-state index contributed by atoms with van der Waals surface area (Å²) in [4.78, 5) is 17.4. The highest BCUT2D eigenvalue weighted by molar-refractivity contribution is 5.94. The fraction of sp³-hybridized carbons (Fsp3) is 0.154. The number of hydrogen-bond acceptors (Lipinski definition) is 3. The Morgan fingerprint density at radius 1 is 0.759 bits per heavy atom. The summed E-state index contributed by atoms with van der Waals surface area (Å²) in [5.74, 6) is -0.462. The first kappa shape index (κ1) is 20.3. The highest BCUT2D eigenvalue weighted by Crippen LogP contribution is 2.30. The number of oxime groups is 1. The molecular weight excluding hydrogens is 358 g/mol. The van der Waals surface area contributed by atoms with Gasteiger partial charge in [0.15, 0.2) is 0 Å². The number of rotatable bonds is 6. The van der Waals surface area contributed by atoms with Crippen molar-refractivity contribution in [3.8, 4) is 0 Å². The Bertz CT molecular complexity index is 963. The molecule has 0 aliphatic heterocycles. The lowest BCUT2D eigenvalue weighted by Gasteiger charge is -2.22. The largest absolute Gasteiger partial charge is 0.365 e. The molecule has 3 aromatic rings. The van der Waals surface area contributed by atoms with Gasteiger partial charge in [-0.15, -0.1) is 0 Å². The zero-order valence-corrected chi connectivity index (χ0v) is 17.0. The van der Waals surface area contributed by atoms with Crippen molar-refractivity contribution in [3.05, 3.63) is 114 Å². The Morgan fingerprint density at radius 2 is 1.17 bits per heavy atom. The molecule has 0 saturated carbocycles. The summed E-state index contributed by atoms with van der Waals surface area (Å²) in [6.07, 6.45) is 2.17. The molecule has 0 aliphatic rings. The van der Waals surface area contributed by atoms with Crippen molar-refractivity contribution in [2.75, 3.05) is 0 Å². The van der Waals surface area contributed by atoms with Gasteiger partial charge in [0.05, 0.1) is 11.3 Å². The van der Waals surface area contributed by atoms with Gasteiger partial charge < -0.3 is 4.84 Å². The highest BCUT2D eigenvalue weighted by Gasteiger charge is 2.22. The van der Waals surface area contributed by atoms with Crippen LogP contribution in [-0.2, 0) is 4.84 Å². The molecule has 0 bridgehead atoms. The zero-order valence-electron chi connectivity index (χ0n) is 17.0. The molecule has 29 heavy (non-hydrogen) atoms. The van der Waals surface area contributed by atoms with Crippen molar-refractivity contribution in [1.82, 2.24) is 0 Å². The van der Waals surface area contributed by atoms with Gasteiger partial charge in [0.25, 0.3) is 0 Å². The Morgan fingerprint density at radius 3 is 1.62 bits per heavy atom. The number of allylic oxidation sites excluding steroid dienone is 1. The molecule has 0 heterocycles. The predicted octanol–water partition coefficient (Wildman–Crippen LogP) is 6.38. The first-order valence-corrected chi connectivity index (χ1v) is 9.62. The van der Waals surface area contributed by atoms with Gasteiger partial charge in [0.1, 0.15) is 0 Å². The fourth-order valence-electron chi connectivity index (χ4n) is 2.89. The molecule has 0 radical (unpaired) electrons. The van der Waals surface area contributed by atoms with E-state index in [0.29, 0.717) is 11.3 Å². The second kappa shape index (κ2) is 9.16. The third-order valence-electron chi connectivity index (χ3n) is 4.88. The summed E-state index contributed by atoms with van der Waals surface area (Å²) in [6, 6.07) is 29.4. The summed E-state index contributed by atoms with van der Waals surface area (Å²) in [5.41, 5.74) is 4.14. The maximum atomic E-state index is 12.2. The molecule has 3 heteroatoms. The van der Waals surface area contributed by atoms with Crippen LogP contribution in [0, 0.1) is 5.41 Å². The number of hydrogen-bond donors (Lipinski definition) is 0. The van der Waals surface area contributed by atoms with E-state index < -0.39 is 11.4 Å². The van der Waals surface area contributed by atoms with Gasteiger partial charge in [-0.05, 0) is 35.8 Å². The van der Waals surface area contributed by atoms with Crippen molar-refractivity contribution < 1.29 is 9.63 Å². The van der Waals surface area contributed by atoms with Crippen LogP contribution >= 0.6 is 0 Å². The lowest BCUT2D eigenvalue weighted by atomic mass is 9.83. The molecule has 0 atom stereocenters. The SMILES string of the molecule is C/C(=N\OC(=O)c1ccccc1)C(C)(C)C=C(c1ccccc1)c1ccccc1. The van der Waals surface area contributed by atoms with Gasteiger partial charge in [-0.1, -0.05) is 104 Å². The lowest BCUT2D eigenvalue weighted by Crippen LogP contribution is -2.20.